The standard InChI is InChI=1S/C13H13N5O5/c1-16-11(14)9(12(20)17(2)13(16)21)15-6-7-4-3-5-8(10(7)19)18(22)23/h3-6,19H,14H2,1-2H3. The summed E-state index contributed by atoms with van der Waals surface area (Å²) in [6, 6.07) is 3.88. The zero-order chi connectivity index (χ0) is 17.3. The number of nitrogens with two attached hydrogens (primary N) is 1. The molecule has 0 fully saturated rings. The smallest absolute Gasteiger partial charge is 0.332 e. The van der Waals surface area contributed by atoms with E-state index in [4.69, 9.17) is 5.73 Å². The van der Waals surface area contributed by atoms with E-state index in [1.54, 1.807) is 0 Å². The molecular formula is C13H13N5O5. The molecule has 0 saturated carbocycles. The Kier molecular flexibility index (Phi) is 3.99. The number of phenolic OH excluding ortho intramolecular Hbond substituents is 1. The predicted octanol–water partition coefficient (Wildman–Crippen LogP) is 0.0306. The van der Waals surface area contributed by atoms with Crippen molar-refractivity contribution in [2.24, 2.45) is 19.1 Å². The zero-order valence-electron chi connectivity index (χ0n) is 12.3. The third kappa shape index (κ3) is 2.69. The van der Waals surface area contributed by atoms with Gasteiger partial charge in [-0.1, -0.05) is 6.07 Å². The van der Waals surface area contributed by atoms with Gasteiger partial charge in [0, 0.05) is 31.9 Å². The largest absolute Gasteiger partial charge is 0.502 e. The Morgan fingerprint density at radius 2 is 1.96 bits per heavy atom. The van der Waals surface area contributed by atoms with Crippen LogP contribution >= 0.6 is 0 Å². The van der Waals surface area contributed by atoms with Gasteiger partial charge in [-0.25, -0.2) is 9.79 Å². The normalized spacial score (nSPS) is 11.0. The first-order valence-electron chi connectivity index (χ1n) is 6.31. The maximum atomic E-state index is 12.0. The average molecular weight is 319 g/mol. The van der Waals surface area contributed by atoms with Gasteiger partial charge in [-0.15, -0.1) is 0 Å². The van der Waals surface area contributed by atoms with E-state index in [2.05, 4.69) is 4.99 Å². The van der Waals surface area contributed by atoms with Gasteiger partial charge in [-0.2, -0.15) is 0 Å². The van der Waals surface area contributed by atoms with Crippen LogP contribution in [0.4, 0.5) is 17.2 Å². The van der Waals surface area contributed by atoms with E-state index in [1.165, 1.54) is 26.2 Å². The Morgan fingerprint density at radius 3 is 2.57 bits per heavy atom. The van der Waals surface area contributed by atoms with Gasteiger partial charge in [0.15, 0.2) is 5.69 Å². The molecule has 0 radical (unpaired) electrons. The van der Waals surface area contributed by atoms with Crippen molar-refractivity contribution in [1.29, 1.82) is 0 Å². The van der Waals surface area contributed by atoms with Crippen LogP contribution in [0.15, 0.2) is 32.8 Å². The highest BCUT2D eigenvalue weighted by Gasteiger charge is 2.16. The van der Waals surface area contributed by atoms with Gasteiger partial charge in [-0.3, -0.25) is 24.0 Å². The van der Waals surface area contributed by atoms with E-state index in [-0.39, 0.29) is 17.1 Å². The van der Waals surface area contributed by atoms with Crippen molar-refractivity contribution in [2.45, 2.75) is 0 Å². The lowest BCUT2D eigenvalue weighted by Crippen LogP contribution is -2.37. The topological polar surface area (TPSA) is 146 Å². The van der Waals surface area contributed by atoms with Gasteiger partial charge >= 0.3 is 11.4 Å². The third-order valence-electron chi connectivity index (χ3n) is 3.26. The lowest BCUT2D eigenvalue weighted by Gasteiger charge is -2.08. The minimum absolute atomic E-state index is 0.0366. The van der Waals surface area contributed by atoms with Gasteiger partial charge in [0.05, 0.1) is 4.92 Å². The number of phenols is 1. The molecule has 0 unspecified atom stereocenters. The van der Waals surface area contributed by atoms with Crippen molar-refractivity contribution < 1.29 is 10.0 Å². The molecule has 10 heteroatoms. The molecule has 0 amide bonds. The second-order valence-electron chi connectivity index (χ2n) is 4.67. The van der Waals surface area contributed by atoms with Gasteiger partial charge in [0.2, 0.25) is 5.75 Å². The van der Waals surface area contributed by atoms with E-state index >= 15 is 0 Å². The Labute approximate surface area is 128 Å². The molecule has 0 aliphatic heterocycles. The molecule has 0 atom stereocenters. The summed E-state index contributed by atoms with van der Waals surface area (Å²) in [6.45, 7) is 0. The highest BCUT2D eigenvalue weighted by atomic mass is 16.6. The first-order chi connectivity index (χ1) is 10.8. The van der Waals surface area contributed by atoms with E-state index < -0.39 is 27.6 Å². The number of aliphatic imine (C=N–C) groups is 1. The van der Waals surface area contributed by atoms with Crippen LogP contribution in [0, 0.1) is 10.1 Å². The van der Waals surface area contributed by atoms with Crippen LogP contribution in [0.1, 0.15) is 5.56 Å². The third-order valence-corrected chi connectivity index (χ3v) is 3.26. The molecule has 10 nitrogen and oxygen atoms in total. The quantitative estimate of drug-likeness (QED) is 0.463. The molecule has 1 heterocycles. The number of hydrogen-bond donors (Lipinski definition) is 2. The molecule has 2 rings (SSSR count). The van der Waals surface area contributed by atoms with Crippen molar-refractivity contribution in [1.82, 2.24) is 9.13 Å². The van der Waals surface area contributed by atoms with Crippen LogP contribution in [0.25, 0.3) is 0 Å². The first-order valence-corrected chi connectivity index (χ1v) is 6.31. The summed E-state index contributed by atoms with van der Waals surface area (Å²) >= 11 is 0. The van der Waals surface area contributed by atoms with E-state index in [0.29, 0.717) is 0 Å². The predicted molar refractivity (Wildman–Crippen MR) is 83.4 cm³/mol. The SMILES string of the molecule is Cn1c(N)c(N=Cc2cccc([N+](=O)[O-])c2O)c(=O)n(C)c1=O. The lowest BCUT2D eigenvalue weighted by molar-refractivity contribution is -0.385. The number of para-hydroxylation sites is 1. The molecule has 120 valence electrons. The van der Waals surface area contributed by atoms with E-state index in [1.807, 2.05) is 0 Å². The van der Waals surface area contributed by atoms with Crippen LogP contribution in [-0.2, 0) is 14.1 Å². The fraction of sp³-hybridized carbons (Fsp3) is 0.154. The Hall–Kier alpha value is -3.43. The molecule has 2 aromatic rings. The maximum Gasteiger partial charge on any atom is 0.332 e. The van der Waals surface area contributed by atoms with Gasteiger partial charge in [0.25, 0.3) is 5.56 Å². The van der Waals surface area contributed by atoms with Crippen LogP contribution < -0.4 is 17.0 Å². The minimum Gasteiger partial charge on any atom is -0.502 e. The van der Waals surface area contributed by atoms with Crippen LogP contribution in [-0.4, -0.2) is 25.4 Å². The molecule has 1 aromatic carbocycles. The highest BCUT2D eigenvalue weighted by molar-refractivity contribution is 5.88. The van der Waals surface area contributed by atoms with Crippen molar-refractivity contribution in [3.05, 3.63) is 54.7 Å². The van der Waals surface area contributed by atoms with Gasteiger partial charge in [-0.05, 0) is 6.07 Å². The molecule has 23 heavy (non-hydrogen) atoms. The average Bonchev–Trinajstić information content (AvgIpc) is 2.52. The number of aromatic nitrogens is 2. The van der Waals surface area contributed by atoms with Crippen LogP contribution in [0.3, 0.4) is 0 Å². The molecule has 0 bridgehead atoms. The number of hydrogen-bond acceptors (Lipinski definition) is 7. The monoisotopic (exact) mass is 319 g/mol. The molecule has 0 saturated heterocycles. The number of nitro groups is 1. The summed E-state index contributed by atoms with van der Waals surface area (Å²) in [5, 5.41) is 20.6. The molecule has 3 N–H and O–H groups in total. The lowest BCUT2D eigenvalue weighted by atomic mass is 10.2. The Bertz CT molecular complexity index is 941. The highest BCUT2D eigenvalue weighted by Crippen LogP contribution is 2.28. The summed E-state index contributed by atoms with van der Waals surface area (Å²) in [5.41, 5.74) is 3.71. The molecule has 1 aromatic heterocycles. The summed E-state index contributed by atoms with van der Waals surface area (Å²) < 4.78 is 1.87. The Morgan fingerprint density at radius 1 is 1.30 bits per heavy atom. The number of anilines is 1. The number of nitro benzene ring substituents is 1. The van der Waals surface area contributed by atoms with Crippen molar-refractivity contribution in [3.63, 3.8) is 0 Å². The summed E-state index contributed by atoms with van der Waals surface area (Å²) in [7, 11) is 2.65. The van der Waals surface area contributed by atoms with E-state index in [0.717, 1.165) is 21.4 Å². The first kappa shape index (κ1) is 15.9. The maximum absolute atomic E-state index is 12.0. The second-order valence-corrected chi connectivity index (χ2v) is 4.67. The van der Waals surface area contributed by atoms with Crippen molar-refractivity contribution >= 4 is 23.4 Å². The summed E-state index contributed by atoms with van der Waals surface area (Å²) in [4.78, 5) is 37.6. The molecule has 0 aliphatic rings. The van der Waals surface area contributed by atoms with Crippen LogP contribution in [0.2, 0.25) is 0 Å². The fourth-order valence-electron chi connectivity index (χ4n) is 1.90. The zero-order valence-corrected chi connectivity index (χ0v) is 12.3. The van der Waals surface area contributed by atoms with Gasteiger partial charge in [0.1, 0.15) is 5.82 Å². The Balaban J connectivity index is 2.59. The number of nitrogens with zero attached hydrogens (tertiary/aromatic N) is 4. The summed E-state index contributed by atoms with van der Waals surface area (Å²) in [6.07, 6.45) is 1.07. The number of benzene rings is 1. The summed E-state index contributed by atoms with van der Waals surface area (Å²) in [5.74, 6) is -0.735. The van der Waals surface area contributed by atoms with Crippen molar-refractivity contribution in [3.8, 4) is 5.75 Å². The van der Waals surface area contributed by atoms with Crippen LogP contribution in [0.5, 0.6) is 5.75 Å². The molecule has 0 spiro atoms. The minimum atomic E-state index is -0.744. The molecule has 0 aliphatic carbocycles. The number of nitrogen functional groups attached to an aromatic ring is 1. The fourth-order valence-corrected chi connectivity index (χ4v) is 1.90. The van der Waals surface area contributed by atoms with E-state index in [9.17, 15) is 24.8 Å². The van der Waals surface area contributed by atoms with Crippen molar-refractivity contribution in [2.75, 3.05) is 5.73 Å². The molecular weight excluding hydrogens is 306 g/mol. The number of rotatable bonds is 3. The number of aromatic hydroxyl groups is 1. The van der Waals surface area contributed by atoms with Gasteiger partial charge < -0.3 is 10.8 Å². The second kappa shape index (κ2) is 5.75.